The Balaban J connectivity index is 1.66. The molecule has 1 aromatic carbocycles. The molecule has 4 aromatic rings. The van der Waals surface area contributed by atoms with E-state index in [1.807, 2.05) is 0 Å². The molecule has 14 heteroatoms. The lowest BCUT2D eigenvalue weighted by Crippen LogP contribution is -2.17. The molecule has 0 atom stereocenters. The average molecular weight is 586 g/mol. The van der Waals surface area contributed by atoms with Crippen LogP contribution in [0.15, 0.2) is 57.1 Å². The largest absolute Gasteiger partial charge is 0.466 e. The van der Waals surface area contributed by atoms with E-state index in [1.54, 1.807) is 18.4 Å². The number of thiophene rings is 1. The molecule has 0 unspecified atom stereocenters. The summed E-state index contributed by atoms with van der Waals surface area (Å²) in [6, 6.07) is 7.46. The highest BCUT2D eigenvalue weighted by atomic mass is 35.5. The Morgan fingerprint density at radius 3 is 2.65 bits per heavy atom. The molecule has 4 rings (SSSR count). The third kappa shape index (κ3) is 6.06. The monoisotopic (exact) mass is 585 g/mol. The second kappa shape index (κ2) is 11.1. The van der Waals surface area contributed by atoms with Crippen LogP contribution in [-0.4, -0.2) is 36.5 Å². The van der Waals surface area contributed by atoms with E-state index in [2.05, 4.69) is 10.3 Å². The summed E-state index contributed by atoms with van der Waals surface area (Å²) in [5, 5.41) is 4.25. The number of esters is 1. The number of carbonyl (C=O) groups is 2. The molecule has 1 N–H and O–H groups in total. The first kappa shape index (κ1) is 26.9. The number of amides is 1. The van der Waals surface area contributed by atoms with E-state index in [4.69, 9.17) is 16.3 Å². The van der Waals surface area contributed by atoms with E-state index in [1.165, 1.54) is 29.0 Å². The highest BCUT2D eigenvalue weighted by Crippen LogP contribution is 2.30. The lowest BCUT2D eigenvalue weighted by atomic mass is 10.2. The fraction of sp³-hybridized carbons (Fsp3) is 0.174. The molecule has 3 heterocycles. The van der Waals surface area contributed by atoms with Gasteiger partial charge in [-0.25, -0.2) is 22.2 Å². The van der Waals surface area contributed by atoms with Crippen LogP contribution in [0.1, 0.15) is 28.7 Å². The zero-order chi connectivity index (χ0) is 26.7. The maximum Gasteiger partial charge on any atom is 0.311 e. The zero-order valence-electron chi connectivity index (χ0n) is 19.0. The van der Waals surface area contributed by atoms with Crippen molar-refractivity contribution in [2.75, 3.05) is 11.9 Å². The Bertz CT molecular complexity index is 1570. The van der Waals surface area contributed by atoms with Gasteiger partial charge >= 0.3 is 5.97 Å². The molecule has 1 amide bonds. The summed E-state index contributed by atoms with van der Waals surface area (Å²) in [5.74, 6) is -3.36. The van der Waals surface area contributed by atoms with Gasteiger partial charge in [-0.2, -0.15) is 0 Å². The van der Waals surface area contributed by atoms with Crippen LogP contribution < -0.4 is 5.32 Å². The van der Waals surface area contributed by atoms with Crippen LogP contribution in [0.5, 0.6) is 0 Å². The highest BCUT2D eigenvalue weighted by Gasteiger charge is 2.25. The molecule has 0 radical (unpaired) electrons. The summed E-state index contributed by atoms with van der Waals surface area (Å²) in [7, 11) is -3.93. The second-order valence-corrected chi connectivity index (χ2v) is 12.3. The molecule has 37 heavy (non-hydrogen) atoms. The van der Waals surface area contributed by atoms with Crippen molar-refractivity contribution in [3.05, 3.63) is 80.9 Å². The van der Waals surface area contributed by atoms with Crippen molar-refractivity contribution >= 4 is 61.1 Å². The molecule has 0 aliphatic rings. The summed E-state index contributed by atoms with van der Waals surface area (Å²) < 4.78 is 59.8. The van der Waals surface area contributed by atoms with E-state index in [-0.39, 0.29) is 49.5 Å². The number of halogens is 3. The Kier molecular flexibility index (Phi) is 8.07. The number of nitrogens with zero attached hydrogens (tertiary/aromatic N) is 2. The van der Waals surface area contributed by atoms with Crippen LogP contribution in [0.3, 0.4) is 0 Å². The number of hydrogen-bond acceptors (Lipinski definition) is 8. The van der Waals surface area contributed by atoms with Gasteiger partial charge in [-0.05, 0) is 42.1 Å². The minimum Gasteiger partial charge on any atom is -0.466 e. The maximum atomic E-state index is 13.8. The number of rotatable bonds is 9. The molecule has 0 aliphatic heterocycles. The van der Waals surface area contributed by atoms with Crippen LogP contribution in [0, 0.1) is 11.6 Å². The SMILES string of the molecule is CCOC(=O)Cc1nc(NC(=O)c2cc(S(=O)(=O)c3cccs3)cn2Cc2ccc(F)c(F)c2)sc1Cl. The molecule has 0 saturated carbocycles. The number of hydrogen-bond donors (Lipinski definition) is 1. The van der Waals surface area contributed by atoms with E-state index >= 15 is 0 Å². The number of nitrogens with one attached hydrogen (secondary N) is 1. The van der Waals surface area contributed by atoms with Crippen molar-refractivity contribution in [3.63, 3.8) is 0 Å². The molecule has 0 spiro atoms. The molecule has 0 aliphatic carbocycles. The van der Waals surface area contributed by atoms with Gasteiger partial charge in [0.1, 0.15) is 14.2 Å². The lowest BCUT2D eigenvalue weighted by Gasteiger charge is -2.09. The Morgan fingerprint density at radius 1 is 1.19 bits per heavy atom. The molecular formula is C23H18ClF2N3O5S3. The van der Waals surface area contributed by atoms with Gasteiger partial charge < -0.3 is 9.30 Å². The third-order valence-electron chi connectivity index (χ3n) is 5.00. The number of anilines is 1. The Hall–Kier alpha value is -3.13. The molecular weight excluding hydrogens is 568 g/mol. The molecule has 3 aromatic heterocycles. The Labute approximate surface area is 223 Å². The average Bonchev–Trinajstić information content (AvgIpc) is 3.58. The Morgan fingerprint density at radius 2 is 1.97 bits per heavy atom. The molecule has 0 bridgehead atoms. The number of carbonyl (C=O) groups excluding carboxylic acids is 2. The summed E-state index contributed by atoms with van der Waals surface area (Å²) in [5.41, 5.74) is 0.453. The van der Waals surface area contributed by atoms with Gasteiger partial charge in [0.25, 0.3) is 5.91 Å². The topological polar surface area (TPSA) is 107 Å². The summed E-state index contributed by atoms with van der Waals surface area (Å²) >= 11 is 8.09. The maximum absolute atomic E-state index is 13.8. The number of benzene rings is 1. The van der Waals surface area contributed by atoms with Crippen LogP contribution in [0.4, 0.5) is 13.9 Å². The summed E-state index contributed by atoms with van der Waals surface area (Å²) in [4.78, 5) is 29.0. The predicted octanol–water partition coefficient (Wildman–Crippen LogP) is 5.18. The normalized spacial score (nSPS) is 11.5. The molecule has 194 valence electrons. The summed E-state index contributed by atoms with van der Waals surface area (Å²) in [6.07, 6.45) is 1.07. The minimum absolute atomic E-state index is 0.0712. The first-order valence-corrected chi connectivity index (χ1v) is 14.2. The van der Waals surface area contributed by atoms with Crippen molar-refractivity contribution in [2.45, 2.75) is 29.0 Å². The van der Waals surface area contributed by atoms with E-state index in [9.17, 15) is 26.8 Å². The van der Waals surface area contributed by atoms with Gasteiger partial charge in [0.05, 0.1) is 23.6 Å². The molecule has 8 nitrogen and oxygen atoms in total. The van der Waals surface area contributed by atoms with Crippen molar-refractivity contribution in [1.82, 2.24) is 9.55 Å². The standard InChI is InChI=1S/C23H18ClF2N3O5S3/c1-2-34-19(30)10-17-21(24)36-23(27-17)28-22(31)18-9-14(37(32,33)20-4-3-7-35-20)12-29(18)11-13-5-6-15(25)16(26)8-13/h3-9,12H,2,10-11H2,1H3,(H,27,28,31). The summed E-state index contributed by atoms with van der Waals surface area (Å²) in [6.45, 7) is 1.73. The van der Waals surface area contributed by atoms with Gasteiger partial charge in [-0.1, -0.05) is 35.1 Å². The van der Waals surface area contributed by atoms with Crippen LogP contribution in [0.25, 0.3) is 0 Å². The zero-order valence-corrected chi connectivity index (χ0v) is 22.2. The first-order chi connectivity index (χ1) is 17.6. The van der Waals surface area contributed by atoms with E-state index < -0.39 is 33.3 Å². The van der Waals surface area contributed by atoms with Gasteiger partial charge in [0.2, 0.25) is 9.84 Å². The predicted molar refractivity (Wildman–Crippen MR) is 135 cm³/mol. The third-order valence-corrected chi connectivity index (χ3v) is 9.37. The van der Waals surface area contributed by atoms with Gasteiger partial charge in [0, 0.05) is 12.7 Å². The number of aromatic nitrogens is 2. The van der Waals surface area contributed by atoms with Gasteiger partial charge in [-0.3, -0.25) is 14.9 Å². The second-order valence-electron chi connectivity index (χ2n) is 7.55. The van der Waals surface area contributed by atoms with Crippen molar-refractivity contribution < 1.29 is 31.5 Å². The fourth-order valence-corrected chi connectivity index (χ4v) is 6.79. The van der Waals surface area contributed by atoms with Crippen molar-refractivity contribution in [2.24, 2.45) is 0 Å². The van der Waals surface area contributed by atoms with E-state index in [0.717, 1.165) is 34.8 Å². The van der Waals surface area contributed by atoms with Crippen LogP contribution in [-0.2, 0) is 32.3 Å². The minimum atomic E-state index is -3.93. The molecule has 0 fully saturated rings. The van der Waals surface area contributed by atoms with Crippen molar-refractivity contribution in [3.8, 4) is 0 Å². The quantitative estimate of drug-likeness (QED) is 0.271. The number of thiazole rings is 1. The van der Waals surface area contributed by atoms with Crippen LogP contribution >= 0.6 is 34.3 Å². The number of ether oxygens (including phenoxy) is 1. The highest BCUT2D eigenvalue weighted by molar-refractivity contribution is 7.93. The first-order valence-electron chi connectivity index (χ1n) is 10.6. The number of sulfone groups is 1. The molecule has 0 saturated heterocycles. The lowest BCUT2D eigenvalue weighted by molar-refractivity contribution is -0.142. The van der Waals surface area contributed by atoms with Crippen molar-refractivity contribution in [1.29, 1.82) is 0 Å². The van der Waals surface area contributed by atoms with Gasteiger partial charge in [0.15, 0.2) is 16.8 Å². The smallest absolute Gasteiger partial charge is 0.311 e. The van der Waals surface area contributed by atoms with Crippen LogP contribution in [0.2, 0.25) is 4.34 Å². The van der Waals surface area contributed by atoms with Gasteiger partial charge in [-0.15, -0.1) is 11.3 Å². The fourth-order valence-electron chi connectivity index (χ4n) is 3.32. The van der Waals surface area contributed by atoms with E-state index in [0.29, 0.717) is 5.56 Å².